The molecule has 0 radical (unpaired) electrons. The molecule has 2 heterocycles. The summed E-state index contributed by atoms with van der Waals surface area (Å²) in [6.07, 6.45) is 4.84. The molecule has 1 amide bonds. The highest BCUT2D eigenvalue weighted by atomic mass is 16.2. The summed E-state index contributed by atoms with van der Waals surface area (Å²) in [5.41, 5.74) is 6.56. The van der Waals surface area contributed by atoms with Gasteiger partial charge in [-0.05, 0) is 37.3 Å². The number of hydrogen-bond acceptors (Lipinski definition) is 4. The zero-order valence-electron chi connectivity index (χ0n) is 12.3. The van der Waals surface area contributed by atoms with Crippen LogP contribution < -0.4 is 16.0 Å². The van der Waals surface area contributed by atoms with Gasteiger partial charge in [-0.15, -0.1) is 0 Å². The Kier molecular flexibility index (Phi) is 4.95. The molecule has 0 aromatic carbocycles. The molecule has 0 saturated carbocycles. The van der Waals surface area contributed by atoms with E-state index in [0.29, 0.717) is 18.0 Å². The number of nitrogens with zero attached hydrogens (tertiary/aromatic N) is 2. The molecule has 5 heteroatoms. The van der Waals surface area contributed by atoms with Crippen LogP contribution in [0.4, 0.5) is 11.5 Å². The highest BCUT2D eigenvalue weighted by Gasteiger charge is 2.16. The second kappa shape index (κ2) is 6.70. The predicted molar refractivity (Wildman–Crippen MR) is 81.7 cm³/mol. The van der Waals surface area contributed by atoms with Gasteiger partial charge in [-0.25, -0.2) is 4.98 Å². The number of nitrogens with one attached hydrogen (secondary N) is 1. The van der Waals surface area contributed by atoms with Gasteiger partial charge in [0.05, 0.1) is 17.9 Å². The third kappa shape index (κ3) is 3.93. The molecule has 1 unspecified atom stereocenters. The molecular weight excluding hydrogens is 252 g/mol. The third-order valence-corrected chi connectivity index (χ3v) is 3.51. The van der Waals surface area contributed by atoms with Crippen LogP contribution >= 0.6 is 0 Å². The summed E-state index contributed by atoms with van der Waals surface area (Å²) in [6.45, 7) is 6.25. The normalized spacial score (nSPS) is 16.5. The van der Waals surface area contributed by atoms with Crippen molar-refractivity contribution in [3.8, 4) is 0 Å². The Morgan fingerprint density at radius 3 is 2.65 bits per heavy atom. The van der Waals surface area contributed by atoms with Gasteiger partial charge in [-0.3, -0.25) is 4.79 Å². The minimum Gasteiger partial charge on any atom is -0.357 e. The lowest BCUT2D eigenvalue weighted by Crippen LogP contribution is -2.36. The molecular formula is C15H24N4O. The van der Waals surface area contributed by atoms with Crippen LogP contribution in [0.15, 0.2) is 18.3 Å². The number of aromatic nitrogens is 1. The maximum absolute atomic E-state index is 11.9. The van der Waals surface area contributed by atoms with Crippen LogP contribution in [0.1, 0.15) is 33.1 Å². The topological polar surface area (TPSA) is 71.2 Å². The average Bonchev–Trinajstić information content (AvgIpc) is 2.92. The Hall–Kier alpha value is -1.62. The van der Waals surface area contributed by atoms with E-state index in [-0.39, 0.29) is 5.91 Å². The van der Waals surface area contributed by atoms with Crippen molar-refractivity contribution in [3.63, 3.8) is 0 Å². The maximum atomic E-state index is 11.9. The molecule has 2 rings (SSSR count). The Morgan fingerprint density at radius 2 is 2.10 bits per heavy atom. The smallest absolute Gasteiger partial charge is 0.241 e. The molecule has 1 aliphatic rings. The predicted octanol–water partition coefficient (Wildman–Crippen LogP) is 1.99. The van der Waals surface area contributed by atoms with E-state index in [2.05, 4.69) is 29.0 Å². The number of carbonyl (C=O) groups excluding carboxylic acids is 1. The van der Waals surface area contributed by atoms with Crippen molar-refractivity contribution >= 4 is 17.4 Å². The first-order valence-corrected chi connectivity index (χ1v) is 7.33. The second-order valence-electron chi connectivity index (χ2n) is 5.82. The van der Waals surface area contributed by atoms with Gasteiger partial charge in [0.15, 0.2) is 0 Å². The van der Waals surface area contributed by atoms with Crippen LogP contribution in [0.3, 0.4) is 0 Å². The van der Waals surface area contributed by atoms with Gasteiger partial charge >= 0.3 is 0 Å². The summed E-state index contributed by atoms with van der Waals surface area (Å²) in [6, 6.07) is 3.38. The molecule has 5 nitrogen and oxygen atoms in total. The quantitative estimate of drug-likeness (QED) is 0.863. The van der Waals surface area contributed by atoms with Crippen molar-refractivity contribution in [1.82, 2.24) is 4.98 Å². The number of nitrogens with two attached hydrogens (primary N) is 1. The van der Waals surface area contributed by atoms with Crippen molar-refractivity contribution in [2.45, 2.75) is 39.2 Å². The first kappa shape index (κ1) is 14.8. The molecule has 0 spiro atoms. The van der Waals surface area contributed by atoms with E-state index in [1.54, 1.807) is 6.20 Å². The minimum absolute atomic E-state index is 0.144. The number of anilines is 2. The highest BCUT2D eigenvalue weighted by Crippen LogP contribution is 2.19. The molecule has 1 fully saturated rings. The summed E-state index contributed by atoms with van der Waals surface area (Å²) in [4.78, 5) is 18.6. The molecule has 20 heavy (non-hydrogen) atoms. The zero-order valence-corrected chi connectivity index (χ0v) is 12.3. The number of carbonyl (C=O) groups is 1. The van der Waals surface area contributed by atoms with E-state index in [1.165, 1.54) is 12.8 Å². The zero-order chi connectivity index (χ0) is 14.5. The Balaban J connectivity index is 1.91. The first-order chi connectivity index (χ1) is 9.56. The van der Waals surface area contributed by atoms with Gasteiger partial charge in [-0.2, -0.15) is 0 Å². The van der Waals surface area contributed by atoms with Crippen LogP contribution in [-0.4, -0.2) is 30.0 Å². The molecule has 1 aromatic heterocycles. The molecule has 1 aliphatic heterocycles. The van der Waals surface area contributed by atoms with E-state index in [9.17, 15) is 4.79 Å². The number of amides is 1. The maximum Gasteiger partial charge on any atom is 0.241 e. The van der Waals surface area contributed by atoms with Gasteiger partial charge in [0.1, 0.15) is 5.82 Å². The molecule has 0 bridgehead atoms. The molecule has 1 atom stereocenters. The van der Waals surface area contributed by atoms with Crippen LogP contribution in [0, 0.1) is 5.92 Å². The van der Waals surface area contributed by atoms with Crippen LogP contribution in [0.25, 0.3) is 0 Å². The van der Waals surface area contributed by atoms with E-state index in [4.69, 9.17) is 5.73 Å². The van der Waals surface area contributed by atoms with E-state index < -0.39 is 6.04 Å². The lowest BCUT2D eigenvalue weighted by atomic mass is 10.0. The van der Waals surface area contributed by atoms with Crippen LogP contribution in [0.2, 0.25) is 0 Å². The van der Waals surface area contributed by atoms with E-state index in [1.807, 2.05) is 12.1 Å². The van der Waals surface area contributed by atoms with Crippen LogP contribution in [-0.2, 0) is 4.79 Å². The largest absolute Gasteiger partial charge is 0.357 e. The standard InChI is InChI=1S/C15H24N4O/c1-11(2)9-13(16)15(20)18-12-5-6-14(17-10-12)19-7-3-4-8-19/h5-6,10-11,13H,3-4,7-9,16H2,1-2H3,(H,18,20). The average molecular weight is 276 g/mol. The van der Waals surface area contributed by atoms with E-state index >= 15 is 0 Å². The van der Waals surface area contributed by atoms with Gasteiger partial charge < -0.3 is 16.0 Å². The lowest BCUT2D eigenvalue weighted by Gasteiger charge is -2.17. The first-order valence-electron chi connectivity index (χ1n) is 7.33. The van der Waals surface area contributed by atoms with E-state index in [0.717, 1.165) is 18.9 Å². The molecule has 1 saturated heterocycles. The lowest BCUT2D eigenvalue weighted by molar-refractivity contribution is -0.117. The van der Waals surface area contributed by atoms with Crippen molar-refractivity contribution in [2.75, 3.05) is 23.3 Å². The third-order valence-electron chi connectivity index (χ3n) is 3.51. The highest BCUT2D eigenvalue weighted by molar-refractivity contribution is 5.94. The number of rotatable bonds is 5. The molecule has 0 aliphatic carbocycles. The summed E-state index contributed by atoms with van der Waals surface area (Å²) in [5, 5.41) is 2.82. The fraction of sp³-hybridized carbons (Fsp3) is 0.600. The van der Waals surface area contributed by atoms with Crippen molar-refractivity contribution in [2.24, 2.45) is 11.7 Å². The van der Waals surface area contributed by atoms with Gasteiger partial charge in [0.25, 0.3) is 0 Å². The molecule has 3 N–H and O–H groups in total. The summed E-state index contributed by atoms with van der Waals surface area (Å²) in [5.74, 6) is 1.24. The van der Waals surface area contributed by atoms with Crippen molar-refractivity contribution < 1.29 is 4.79 Å². The molecule has 110 valence electrons. The Bertz CT molecular complexity index is 438. The summed E-state index contributed by atoms with van der Waals surface area (Å²) < 4.78 is 0. The van der Waals surface area contributed by atoms with Gasteiger partial charge in [0.2, 0.25) is 5.91 Å². The Labute approximate surface area is 120 Å². The van der Waals surface area contributed by atoms with Gasteiger partial charge in [0, 0.05) is 13.1 Å². The summed E-state index contributed by atoms with van der Waals surface area (Å²) in [7, 11) is 0. The second-order valence-corrected chi connectivity index (χ2v) is 5.82. The summed E-state index contributed by atoms with van der Waals surface area (Å²) >= 11 is 0. The Morgan fingerprint density at radius 1 is 1.40 bits per heavy atom. The van der Waals surface area contributed by atoms with Crippen molar-refractivity contribution in [3.05, 3.63) is 18.3 Å². The van der Waals surface area contributed by atoms with Crippen molar-refractivity contribution in [1.29, 1.82) is 0 Å². The van der Waals surface area contributed by atoms with Crippen LogP contribution in [0.5, 0.6) is 0 Å². The fourth-order valence-corrected chi connectivity index (χ4v) is 2.44. The monoisotopic (exact) mass is 276 g/mol. The fourth-order valence-electron chi connectivity index (χ4n) is 2.44. The number of hydrogen-bond donors (Lipinski definition) is 2. The SMILES string of the molecule is CC(C)CC(N)C(=O)Nc1ccc(N2CCCC2)nc1. The molecule has 1 aromatic rings. The minimum atomic E-state index is -0.465. The van der Waals surface area contributed by atoms with Gasteiger partial charge in [-0.1, -0.05) is 13.8 Å². The number of pyridine rings is 1.